The molecule has 0 bridgehead atoms. The van der Waals surface area contributed by atoms with Gasteiger partial charge < -0.3 is 19.9 Å². The maximum atomic E-state index is 12.1. The van der Waals surface area contributed by atoms with Gasteiger partial charge in [-0.05, 0) is 45.8 Å². The molecule has 0 saturated heterocycles. The molecule has 1 heterocycles. The summed E-state index contributed by atoms with van der Waals surface area (Å²) in [4.78, 5) is 12.9. The van der Waals surface area contributed by atoms with Gasteiger partial charge in [-0.1, -0.05) is 18.3 Å². The average molecular weight is 363 g/mol. The second-order valence-corrected chi connectivity index (χ2v) is 7.04. The molecule has 1 aliphatic rings. The van der Waals surface area contributed by atoms with Crippen molar-refractivity contribution in [2.75, 3.05) is 19.5 Å². The number of fused-ring (bicyclic) bond motifs is 1. The van der Waals surface area contributed by atoms with E-state index in [1.807, 2.05) is 26.8 Å². The quantitative estimate of drug-likeness (QED) is 0.460. The summed E-state index contributed by atoms with van der Waals surface area (Å²) >= 11 is 1.42. The van der Waals surface area contributed by atoms with E-state index in [-0.39, 0.29) is 6.10 Å². The van der Waals surface area contributed by atoms with Gasteiger partial charge in [0.25, 0.3) is 0 Å². The molecule has 0 radical (unpaired) electrons. The number of anilines is 1. The topological polar surface area (TPSA) is 70.8 Å². The van der Waals surface area contributed by atoms with Crippen LogP contribution in [-0.2, 0) is 15.9 Å². The zero-order chi connectivity index (χ0) is 18.6. The van der Waals surface area contributed by atoms with Gasteiger partial charge >= 0.3 is 5.97 Å². The van der Waals surface area contributed by atoms with Crippen molar-refractivity contribution in [3.05, 3.63) is 40.5 Å². The first-order chi connectivity index (χ1) is 11.9. The van der Waals surface area contributed by atoms with Crippen LogP contribution in [0.2, 0.25) is 0 Å². The predicted molar refractivity (Wildman–Crippen MR) is 103 cm³/mol. The molecule has 0 spiro atoms. The van der Waals surface area contributed by atoms with Gasteiger partial charge in [0.15, 0.2) is 5.09 Å². The van der Waals surface area contributed by atoms with Crippen LogP contribution in [0, 0.1) is 0 Å². The molecule has 0 saturated carbocycles. The highest BCUT2D eigenvalue weighted by Crippen LogP contribution is 2.44. The number of methoxy groups -OCH3 is 1. The zero-order valence-corrected chi connectivity index (χ0v) is 16.0. The van der Waals surface area contributed by atoms with Gasteiger partial charge in [-0.15, -0.1) is 0 Å². The number of hydrogen-bond acceptors (Lipinski definition) is 6. The molecule has 1 aromatic rings. The molecule has 1 aromatic carbocycles. The van der Waals surface area contributed by atoms with E-state index in [0.29, 0.717) is 30.0 Å². The van der Waals surface area contributed by atoms with Gasteiger partial charge in [0.1, 0.15) is 5.75 Å². The molecule has 1 aliphatic heterocycles. The zero-order valence-electron chi connectivity index (χ0n) is 15.2. The molecule has 0 unspecified atom stereocenters. The van der Waals surface area contributed by atoms with E-state index in [9.17, 15) is 4.79 Å². The van der Waals surface area contributed by atoms with Gasteiger partial charge in [0.05, 0.1) is 25.4 Å². The Labute approximate surface area is 153 Å². The molecule has 0 aromatic heterocycles. The van der Waals surface area contributed by atoms with Crippen LogP contribution in [0.1, 0.15) is 48.7 Å². The van der Waals surface area contributed by atoms with E-state index < -0.39 is 5.97 Å². The predicted octanol–water partition coefficient (Wildman–Crippen LogP) is 4.37. The number of ether oxygens (including phenoxy) is 3. The number of esters is 1. The van der Waals surface area contributed by atoms with Crippen LogP contribution in [-0.4, -0.2) is 25.8 Å². The molecule has 25 heavy (non-hydrogen) atoms. The molecular formula is C19H25NO4S. The second-order valence-electron chi connectivity index (χ2n) is 5.94. The lowest BCUT2D eigenvalue weighted by Gasteiger charge is -2.24. The van der Waals surface area contributed by atoms with Crippen LogP contribution in [0.4, 0.5) is 5.69 Å². The van der Waals surface area contributed by atoms with Crippen molar-refractivity contribution in [1.82, 2.24) is 0 Å². The number of rotatable bonds is 6. The minimum atomic E-state index is -0.443. The Hall–Kier alpha value is -2.08. The van der Waals surface area contributed by atoms with E-state index in [1.54, 1.807) is 6.07 Å². The molecule has 6 heteroatoms. The lowest BCUT2D eigenvalue weighted by molar-refractivity contribution is 0.0599. The number of allylic oxidation sites excluding steroid dienone is 1. The number of hydrogen-bond donors (Lipinski definition) is 1. The minimum absolute atomic E-state index is 0.0726. The highest BCUT2D eigenvalue weighted by Gasteiger charge is 2.27. The first-order valence-electron chi connectivity index (χ1n) is 8.25. The molecule has 5 nitrogen and oxygen atoms in total. The second kappa shape index (κ2) is 8.34. The summed E-state index contributed by atoms with van der Waals surface area (Å²) in [6.07, 6.45) is 3.52. The van der Waals surface area contributed by atoms with Crippen molar-refractivity contribution in [2.24, 2.45) is 0 Å². The highest BCUT2D eigenvalue weighted by molar-refractivity contribution is 8.11. The van der Waals surface area contributed by atoms with Crippen LogP contribution in [0.3, 0.4) is 0 Å². The normalized spacial score (nSPS) is 13.9. The number of nitrogens with two attached hydrogens (primary N) is 1. The lowest BCUT2D eigenvalue weighted by atomic mass is 9.94. The van der Waals surface area contributed by atoms with E-state index in [1.165, 1.54) is 18.9 Å². The Bertz CT molecular complexity index is 710. The lowest BCUT2D eigenvalue weighted by Crippen LogP contribution is -2.17. The Morgan fingerprint density at radius 2 is 2.20 bits per heavy atom. The first kappa shape index (κ1) is 19.2. The van der Waals surface area contributed by atoms with Crippen LogP contribution < -0.4 is 10.5 Å². The maximum Gasteiger partial charge on any atom is 0.340 e. The average Bonchev–Trinajstić information content (AvgIpc) is 2.59. The van der Waals surface area contributed by atoms with Crippen molar-refractivity contribution in [3.63, 3.8) is 0 Å². The van der Waals surface area contributed by atoms with E-state index in [2.05, 4.69) is 6.58 Å². The third-order valence-electron chi connectivity index (χ3n) is 3.73. The van der Waals surface area contributed by atoms with Crippen molar-refractivity contribution in [1.29, 1.82) is 0 Å². The van der Waals surface area contributed by atoms with Gasteiger partial charge in [-0.2, -0.15) is 0 Å². The Morgan fingerprint density at radius 3 is 2.80 bits per heavy atom. The van der Waals surface area contributed by atoms with Gasteiger partial charge in [0.2, 0.25) is 0 Å². The number of benzene rings is 1. The van der Waals surface area contributed by atoms with Gasteiger partial charge in [-0.25, -0.2) is 4.79 Å². The largest absolute Gasteiger partial charge is 0.493 e. The fourth-order valence-corrected chi connectivity index (χ4v) is 3.54. The van der Waals surface area contributed by atoms with E-state index >= 15 is 0 Å². The van der Waals surface area contributed by atoms with Crippen molar-refractivity contribution in [2.45, 2.75) is 39.7 Å². The summed E-state index contributed by atoms with van der Waals surface area (Å²) in [6, 6.07) is 1.73. The Balaban J connectivity index is 2.43. The van der Waals surface area contributed by atoms with Crippen LogP contribution in [0.5, 0.6) is 5.75 Å². The summed E-state index contributed by atoms with van der Waals surface area (Å²) in [5.74, 6) is 0.222. The molecule has 0 amide bonds. The smallest absolute Gasteiger partial charge is 0.340 e. The standard InChI is InChI=1S/C19H25NO4S/c1-6-16(24-11(2)3)25-12(4)14-10-15(20)17(19(21)22-5)13-8-7-9-23-18(13)14/h6,10-11H,4,7-9,20H2,1-3,5H3/b16-6-. The third kappa shape index (κ3) is 4.31. The summed E-state index contributed by atoms with van der Waals surface area (Å²) in [5, 5.41) is 0.764. The fourth-order valence-electron chi connectivity index (χ4n) is 2.68. The van der Waals surface area contributed by atoms with Crippen molar-refractivity contribution in [3.8, 4) is 5.75 Å². The molecule has 2 N–H and O–H groups in total. The summed E-state index contributed by atoms with van der Waals surface area (Å²) < 4.78 is 16.5. The minimum Gasteiger partial charge on any atom is -0.493 e. The third-order valence-corrected chi connectivity index (χ3v) is 4.73. The molecular weight excluding hydrogens is 338 g/mol. The molecule has 0 aliphatic carbocycles. The van der Waals surface area contributed by atoms with Crippen molar-refractivity contribution >= 4 is 28.3 Å². The number of thioether (sulfide) groups is 1. The molecule has 136 valence electrons. The Morgan fingerprint density at radius 1 is 1.48 bits per heavy atom. The Kier molecular flexibility index (Phi) is 6.42. The molecule has 0 fully saturated rings. The summed E-state index contributed by atoms with van der Waals surface area (Å²) in [6.45, 7) is 10.6. The van der Waals surface area contributed by atoms with Crippen molar-refractivity contribution < 1.29 is 19.0 Å². The van der Waals surface area contributed by atoms with Crippen LogP contribution in [0.15, 0.2) is 23.8 Å². The summed E-state index contributed by atoms with van der Waals surface area (Å²) in [5.41, 5.74) is 8.50. The maximum absolute atomic E-state index is 12.1. The fraction of sp³-hybridized carbons (Fsp3) is 0.421. The van der Waals surface area contributed by atoms with E-state index in [0.717, 1.165) is 27.5 Å². The van der Waals surface area contributed by atoms with Gasteiger partial charge in [-0.3, -0.25) is 0 Å². The molecule has 2 rings (SSSR count). The first-order valence-corrected chi connectivity index (χ1v) is 9.07. The number of nitrogen functional groups attached to an aromatic ring is 1. The summed E-state index contributed by atoms with van der Waals surface area (Å²) in [7, 11) is 1.35. The number of carbonyl (C=O) groups is 1. The van der Waals surface area contributed by atoms with Crippen LogP contribution in [0.25, 0.3) is 4.91 Å². The molecule has 0 atom stereocenters. The van der Waals surface area contributed by atoms with Crippen LogP contribution >= 0.6 is 11.8 Å². The van der Waals surface area contributed by atoms with E-state index in [4.69, 9.17) is 19.9 Å². The number of carbonyl (C=O) groups excluding carboxylic acids is 1. The highest BCUT2D eigenvalue weighted by atomic mass is 32.2. The van der Waals surface area contributed by atoms with Gasteiger partial charge in [0, 0.05) is 21.7 Å². The SMILES string of the molecule is C=C(S/C(=C\C)OC(C)C)c1cc(N)c(C(=O)OC)c2c1OCCC2. The monoisotopic (exact) mass is 363 g/mol.